The van der Waals surface area contributed by atoms with E-state index in [9.17, 15) is 0 Å². The van der Waals surface area contributed by atoms with Crippen molar-refractivity contribution in [2.24, 2.45) is 22.7 Å². The van der Waals surface area contributed by atoms with Gasteiger partial charge in [-0.15, -0.1) is 0 Å². The lowest BCUT2D eigenvalue weighted by Gasteiger charge is -2.27. The van der Waals surface area contributed by atoms with E-state index in [0.29, 0.717) is 0 Å². The van der Waals surface area contributed by atoms with Gasteiger partial charge in [0.25, 0.3) is 0 Å². The second-order valence-electron chi connectivity index (χ2n) is 6.16. The van der Waals surface area contributed by atoms with Crippen LogP contribution in [0.3, 0.4) is 0 Å². The molecule has 0 radical (unpaired) electrons. The van der Waals surface area contributed by atoms with Crippen LogP contribution in [0.25, 0.3) is 0 Å². The Hall–Kier alpha value is -1.91. The van der Waals surface area contributed by atoms with Gasteiger partial charge in [-0.3, -0.25) is 0 Å². The van der Waals surface area contributed by atoms with Crippen molar-refractivity contribution in [2.75, 3.05) is 25.1 Å². The summed E-state index contributed by atoms with van der Waals surface area (Å²) in [6.45, 7) is 2.10. The first-order valence-electron chi connectivity index (χ1n) is 7.62. The highest BCUT2D eigenvalue weighted by molar-refractivity contribution is 6.02. The summed E-state index contributed by atoms with van der Waals surface area (Å²) in [5.41, 5.74) is 7.64. The Morgan fingerprint density at radius 2 is 1.90 bits per heavy atom. The quantitative estimate of drug-likeness (QED) is 0.350. The number of hydrogen-bond donors (Lipinski definition) is 2. The molecule has 0 spiro atoms. The van der Waals surface area contributed by atoms with E-state index in [0.717, 1.165) is 41.9 Å². The normalized spacial score (nSPS) is 18.6. The molecule has 3 N–H and O–H groups in total. The van der Waals surface area contributed by atoms with Gasteiger partial charge in [-0.05, 0) is 49.7 Å². The van der Waals surface area contributed by atoms with E-state index in [2.05, 4.69) is 10.1 Å². The second-order valence-corrected chi connectivity index (χ2v) is 6.16. The molecule has 5 nitrogen and oxygen atoms in total. The minimum Gasteiger partial charge on any atom is -0.497 e. The average molecular weight is 289 g/mol. The van der Waals surface area contributed by atoms with Crippen molar-refractivity contribution in [3.63, 3.8) is 0 Å². The molecule has 0 amide bonds. The summed E-state index contributed by atoms with van der Waals surface area (Å²) in [6.07, 6.45) is 5.24. The number of amidine groups is 1. The minimum absolute atomic E-state index is 0.157. The second kappa shape index (κ2) is 5.84. The van der Waals surface area contributed by atoms with Gasteiger partial charge in [0.05, 0.1) is 12.8 Å². The van der Waals surface area contributed by atoms with Gasteiger partial charge in [-0.1, -0.05) is 5.16 Å². The Morgan fingerprint density at radius 1 is 1.29 bits per heavy atom. The molecule has 0 aromatic heterocycles. The summed E-state index contributed by atoms with van der Waals surface area (Å²) < 4.78 is 5.34. The molecule has 2 aliphatic rings. The first-order valence-corrected chi connectivity index (χ1v) is 7.62. The highest BCUT2D eigenvalue weighted by atomic mass is 16.5. The fourth-order valence-electron chi connectivity index (χ4n) is 2.67. The number of nitrogens with zero attached hydrogens (tertiary/aromatic N) is 2. The zero-order valence-electron chi connectivity index (χ0n) is 12.5. The van der Waals surface area contributed by atoms with E-state index < -0.39 is 0 Å². The van der Waals surface area contributed by atoms with Crippen LogP contribution in [0, 0.1) is 11.8 Å². The monoisotopic (exact) mass is 289 g/mol. The SMILES string of the molecule is COc1ccc(/C(N)=N/O)c(N(CC2CC2)CC2CC2)c1. The molecule has 1 aromatic carbocycles. The van der Waals surface area contributed by atoms with E-state index in [-0.39, 0.29) is 5.84 Å². The maximum absolute atomic E-state index is 9.02. The van der Waals surface area contributed by atoms with Crippen molar-refractivity contribution in [1.82, 2.24) is 0 Å². The van der Waals surface area contributed by atoms with Gasteiger partial charge in [0, 0.05) is 24.7 Å². The zero-order valence-corrected chi connectivity index (χ0v) is 12.5. The number of methoxy groups -OCH3 is 1. The fraction of sp³-hybridized carbons (Fsp3) is 0.562. The Balaban J connectivity index is 1.93. The van der Waals surface area contributed by atoms with E-state index >= 15 is 0 Å². The predicted octanol–water partition coefficient (Wildman–Crippen LogP) is 2.42. The molecule has 0 atom stereocenters. The lowest BCUT2D eigenvalue weighted by atomic mass is 10.1. The lowest BCUT2D eigenvalue weighted by molar-refractivity contribution is 0.318. The molecule has 0 heterocycles. The van der Waals surface area contributed by atoms with Crippen LogP contribution in [-0.4, -0.2) is 31.2 Å². The molecule has 0 bridgehead atoms. The van der Waals surface area contributed by atoms with Gasteiger partial charge in [0.1, 0.15) is 5.75 Å². The molecule has 2 saturated carbocycles. The van der Waals surface area contributed by atoms with E-state index in [1.807, 2.05) is 18.2 Å². The highest BCUT2D eigenvalue weighted by Gasteiger charge is 2.30. The number of rotatable bonds is 7. The fourth-order valence-corrected chi connectivity index (χ4v) is 2.67. The van der Waals surface area contributed by atoms with E-state index in [1.165, 1.54) is 25.7 Å². The molecule has 2 aliphatic carbocycles. The molecular formula is C16H23N3O2. The number of nitrogens with two attached hydrogens (primary N) is 1. The standard InChI is InChI=1S/C16H23N3O2/c1-21-13-6-7-14(16(17)18-20)15(8-13)19(9-11-2-3-11)10-12-4-5-12/h6-8,11-12,20H,2-5,9-10H2,1H3,(H2,17,18). The van der Waals surface area contributed by atoms with Crippen LogP contribution >= 0.6 is 0 Å². The van der Waals surface area contributed by atoms with Crippen molar-refractivity contribution in [3.8, 4) is 5.75 Å². The van der Waals surface area contributed by atoms with Gasteiger partial charge < -0.3 is 20.6 Å². The summed E-state index contributed by atoms with van der Waals surface area (Å²) in [4.78, 5) is 2.39. The maximum Gasteiger partial charge on any atom is 0.172 e. The molecule has 0 aliphatic heterocycles. The number of hydrogen-bond acceptors (Lipinski definition) is 4. The van der Waals surface area contributed by atoms with Crippen molar-refractivity contribution < 1.29 is 9.94 Å². The van der Waals surface area contributed by atoms with Crippen molar-refractivity contribution in [1.29, 1.82) is 0 Å². The van der Waals surface area contributed by atoms with E-state index in [1.54, 1.807) is 7.11 Å². The van der Waals surface area contributed by atoms with Crippen molar-refractivity contribution >= 4 is 11.5 Å². The van der Waals surface area contributed by atoms with Crippen LogP contribution in [0.15, 0.2) is 23.4 Å². The van der Waals surface area contributed by atoms with Gasteiger partial charge in [0.2, 0.25) is 0 Å². The van der Waals surface area contributed by atoms with Crippen LogP contribution < -0.4 is 15.4 Å². The molecular weight excluding hydrogens is 266 g/mol. The Labute approximate surface area is 125 Å². The molecule has 1 aromatic rings. The zero-order chi connectivity index (χ0) is 14.8. The summed E-state index contributed by atoms with van der Waals surface area (Å²) in [7, 11) is 1.66. The Morgan fingerprint density at radius 3 is 2.38 bits per heavy atom. The first-order chi connectivity index (χ1) is 10.2. The molecule has 0 saturated heterocycles. The summed E-state index contributed by atoms with van der Waals surface area (Å²) in [5.74, 6) is 2.53. The average Bonchev–Trinajstić information content (AvgIpc) is 3.41. The third-order valence-corrected chi connectivity index (χ3v) is 4.28. The topological polar surface area (TPSA) is 71.1 Å². The number of oxime groups is 1. The third kappa shape index (κ3) is 3.40. The van der Waals surface area contributed by atoms with Gasteiger partial charge in [-0.25, -0.2) is 0 Å². The molecule has 21 heavy (non-hydrogen) atoms. The predicted molar refractivity (Wildman–Crippen MR) is 83.2 cm³/mol. The largest absolute Gasteiger partial charge is 0.497 e. The smallest absolute Gasteiger partial charge is 0.172 e. The highest BCUT2D eigenvalue weighted by Crippen LogP contribution is 2.37. The summed E-state index contributed by atoms with van der Waals surface area (Å²) >= 11 is 0. The van der Waals surface area contributed by atoms with Gasteiger partial charge in [0.15, 0.2) is 5.84 Å². The van der Waals surface area contributed by atoms with Crippen LogP contribution in [0.1, 0.15) is 31.2 Å². The third-order valence-electron chi connectivity index (χ3n) is 4.28. The van der Waals surface area contributed by atoms with Gasteiger partial charge >= 0.3 is 0 Å². The minimum atomic E-state index is 0.157. The summed E-state index contributed by atoms with van der Waals surface area (Å²) in [5, 5.41) is 12.2. The van der Waals surface area contributed by atoms with Crippen LogP contribution in [-0.2, 0) is 0 Å². The Kier molecular flexibility index (Phi) is 3.90. The van der Waals surface area contributed by atoms with Crippen LogP contribution in [0.5, 0.6) is 5.75 Å². The number of benzene rings is 1. The Bertz CT molecular complexity index is 522. The molecule has 3 rings (SSSR count). The number of anilines is 1. The molecule has 114 valence electrons. The van der Waals surface area contributed by atoms with Crippen molar-refractivity contribution in [3.05, 3.63) is 23.8 Å². The number of ether oxygens (including phenoxy) is 1. The first kappa shape index (κ1) is 14.0. The van der Waals surface area contributed by atoms with Crippen molar-refractivity contribution in [2.45, 2.75) is 25.7 Å². The summed E-state index contributed by atoms with van der Waals surface area (Å²) in [6, 6.07) is 5.72. The van der Waals surface area contributed by atoms with Crippen LogP contribution in [0.4, 0.5) is 5.69 Å². The lowest BCUT2D eigenvalue weighted by Crippen LogP contribution is -2.30. The molecule has 0 unspecified atom stereocenters. The molecule has 5 heteroatoms. The van der Waals surface area contributed by atoms with Crippen LogP contribution in [0.2, 0.25) is 0 Å². The maximum atomic E-state index is 9.02. The van der Waals surface area contributed by atoms with Gasteiger partial charge in [-0.2, -0.15) is 0 Å². The molecule has 2 fully saturated rings. The van der Waals surface area contributed by atoms with E-state index in [4.69, 9.17) is 15.7 Å².